The number of carbonyl (C=O) groups excluding carboxylic acids is 1. The van der Waals surface area contributed by atoms with Crippen molar-refractivity contribution in [3.8, 4) is 16.9 Å². The Labute approximate surface area is 196 Å². The van der Waals surface area contributed by atoms with E-state index in [9.17, 15) is 18.0 Å². The number of carbonyl (C=O) groups is 1. The predicted molar refractivity (Wildman–Crippen MR) is 124 cm³/mol. The van der Waals surface area contributed by atoms with Gasteiger partial charge in [-0.05, 0) is 36.8 Å². The van der Waals surface area contributed by atoms with E-state index in [2.05, 4.69) is 14.7 Å². The van der Waals surface area contributed by atoms with Crippen LogP contribution in [0.4, 0.5) is 18.3 Å². The summed E-state index contributed by atoms with van der Waals surface area (Å²) in [6.45, 7) is 2.03. The van der Waals surface area contributed by atoms with Gasteiger partial charge in [0.05, 0.1) is 27.5 Å². The quantitative estimate of drug-likeness (QED) is 0.408. The predicted octanol–water partition coefficient (Wildman–Crippen LogP) is 5.60. The average molecular weight is 485 g/mol. The SMILES string of the molecule is C[C@H](c1ccccc1OC(F)(F)F)N1CCc2ncc(-c3ccc4nc(N)sc4c3)cc2C1=O. The smallest absolute Gasteiger partial charge is 0.405 e. The second-order valence-corrected chi connectivity index (χ2v) is 9.03. The second-order valence-electron chi connectivity index (χ2n) is 7.96. The molecule has 1 amide bonds. The van der Waals surface area contributed by atoms with Gasteiger partial charge in [0.15, 0.2) is 5.13 Å². The summed E-state index contributed by atoms with van der Waals surface area (Å²) in [7, 11) is 0. The number of amides is 1. The van der Waals surface area contributed by atoms with E-state index in [1.807, 2.05) is 18.2 Å². The summed E-state index contributed by atoms with van der Waals surface area (Å²) in [6.07, 6.45) is -2.60. The Morgan fingerprint density at radius 1 is 1.15 bits per heavy atom. The van der Waals surface area contributed by atoms with Crippen molar-refractivity contribution in [3.63, 3.8) is 0 Å². The molecule has 2 aromatic carbocycles. The van der Waals surface area contributed by atoms with E-state index in [4.69, 9.17) is 5.73 Å². The van der Waals surface area contributed by atoms with Crippen LogP contribution < -0.4 is 10.5 Å². The number of hydrogen-bond donors (Lipinski definition) is 1. The molecule has 1 aliphatic rings. The molecule has 0 saturated carbocycles. The number of nitrogen functional groups attached to an aromatic ring is 1. The Kier molecular flexibility index (Phi) is 5.40. The van der Waals surface area contributed by atoms with Gasteiger partial charge in [-0.15, -0.1) is 13.2 Å². The standard InChI is InChI=1S/C24H19F3N4O2S/c1-13(16-4-2-3-5-20(16)33-24(25,26)27)31-9-8-18-17(22(31)32)10-15(12-29-18)14-6-7-19-21(11-14)34-23(28)30-19/h2-7,10-13H,8-9H2,1H3,(H2,28,30)/t13-/m1/s1. The number of para-hydroxylation sites is 1. The molecule has 0 fully saturated rings. The van der Waals surface area contributed by atoms with Gasteiger partial charge >= 0.3 is 6.36 Å². The molecule has 1 atom stereocenters. The summed E-state index contributed by atoms with van der Waals surface area (Å²) >= 11 is 1.38. The van der Waals surface area contributed by atoms with Gasteiger partial charge in [0, 0.05) is 30.3 Å². The van der Waals surface area contributed by atoms with Gasteiger partial charge in [0.2, 0.25) is 0 Å². The van der Waals surface area contributed by atoms with Crippen molar-refractivity contribution in [2.24, 2.45) is 0 Å². The summed E-state index contributed by atoms with van der Waals surface area (Å²) in [5.41, 5.74) is 9.62. The third kappa shape index (κ3) is 4.16. The van der Waals surface area contributed by atoms with Crippen molar-refractivity contribution >= 4 is 32.6 Å². The fourth-order valence-corrected chi connectivity index (χ4v) is 4.99. The van der Waals surface area contributed by atoms with Gasteiger partial charge in [-0.25, -0.2) is 4.98 Å². The van der Waals surface area contributed by atoms with Crippen LogP contribution in [0.25, 0.3) is 21.3 Å². The molecule has 0 radical (unpaired) electrons. The number of alkyl halides is 3. The van der Waals surface area contributed by atoms with Crippen molar-refractivity contribution in [2.45, 2.75) is 25.7 Å². The first kappa shape index (κ1) is 22.1. The maximum absolute atomic E-state index is 13.4. The summed E-state index contributed by atoms with van der Waals surface area (Å²) in [6, 6.07) is 12.8. The molecule has 0 unspecified atom stereocenters. The first-order valence-electron chi connectivity index (χ1n) is 10.5. The fourth-order valence-electron chi connectivity index (χ4n) is 4.22. The Morgan fingerprint density at radius 3 is 2.74 bits per heavy atom. The largest absolute Gasteiger partial charge is 0.573 e. The lowest BCUT2D eigenvalue weighted by Gasteiger charge is -2.34. The summed E-state index contributed by atoms with van der Waals surface area (Å²) < 4.78 is 43.8. The molecular formula is C24H19F3N4O2S. The molecule has 0 bridgehead atoms. The number of nitrogens with zero attached hydrogens (tertiary/aromatic N) is 3. The van der Waals surface area contributed by atoms with Crippen LogP contribution >= 0.6 is 11.3 Å². The molecule has 10 heteroatoms. The van der Waals surface area contributed by atoms with E-state index >= 15 is 0 Å². The third-order valence-corrected chi connectivity index (χ3v) is 6.70. The zero-order chi connectivity index (χ0) is 24.0. The van der Waals surface area contributed by atoms with E-state index in [1.165, 1.54) is 23.5 Å². The lowest BCUT2D eigenvalue weighted by molar-refractivity contribution is -0.275. The molecule has 2 aromatic heterocycles. The van der Waals surface area contributed by atoms with E-state index in [-0.39, 0.29) is 17.2 Å². The monoisotopic (exact) mass is 484 g/mol. The van der Waals surface area contributed by atoms with Crippen LogP contribution in [0.5, 0.6) is 5.75 Å². The second kappa shape index (κ2) is 8.28. The van der Waals surface area contributed by atoms with Crippen LogP contribution in [-0.4, -0.2) is 33.7 Å². The highest BCUT2D eigenvalue weighted by Crippen LogP contribution is 2.36. The van der Waals surface area contributed by atoms with Crippen LogP contribution in [0.2, 0.25) is 0 Å². The van der Waals surface area contributed by atoms with Crippen molar-refractivity contribution in [1.82, 2.24) is 14.9 Å². The number of thiazole rings is 1. The zero-order valence-corrected chi connectivity index (χ0v) is 18.8. The van der Waals surface area contributed by atoms with Gasteiger partial charge in [0.25, 0.3) is 5.91 Å². The lowest BCUT2D eigenvalue weighted by Crippen LogP contribution is -2.40. The molecule has 5 rings (SSSR count). The van der Waals surface area contributed by atoms with Gasteiger partial charge in [-0.2, -0.15) is 0 Å². The first-order valence-corrected chi connectivity index (χ1v) is 11.3. The number of ether oxygens (including phenoxy) is 1. The number of hydrogen-bond acceptors (Lipinski definition) is 6. The molecule has 0 spiro atoms. The molecule has 3 heterocycles. The highest BCUT2D eigenvalue weighted by Gasteiger charge is 2.35. The normalized spacial score (nSPS) is 14.8. The molecule has 0 saturated heterocycles. The first-order chi connectivity index (χ1) is 16.2. The number of fused-ring (bicyclic) bond motifs is 2. The third-order valence-electron chi connectivity index (χ3n) is 5.85. The fraction of sp³-hybridized carbons (Fsp3) is 0.208. The summed E-state index contributed by atoms with van der Waals surface area (Å²) in [5.74, 6) is -0.599. The number of halogens is 3. The summed E-state index contributed by atoms with van der Waals surface area (Å²) in [4.78, 5) is 23.7. The molecule has 2 N–H and O–H groups in total. The minimum Gasteiger partial charge on any atom is -0.405 e. The number of pyridine rings is 1. The minimum absolute atomic E-state index is 0.284. The maximum Gasteiger partial charge on any atom is 0.573 e. The van der Waals surface area contributed by atoms with Crippen LogP contribution in [0.1, 0.15) is 34.6 Å². The number of aromatic nitrogens is 2. The Balaban J connectivity index is 1.47. The Hall–Kier alpha value is -3.66. The summed E-state index contributed by atoms with van der Waals surface area (Å²) in [5, 5.41) is 0.477. The van der Waals surface area contributed by atoms with Gasteiger partial charge in [-0.3, -0.25) is 9.78 Å². The van der Waals surface area contributed by atoms with Crippen molar-refractivity contribution in [3.05, 3.63) is 71.5 Å². The number of benzene rings is 2. The van der Waals surface area contributed by atoms with E-state index in [0.29, 0.717) is 29.4 Å². The van der Waals surface area contributed by atoms with Crippen molar-refractivity contribution in [1.29, 1.82) is 0 Å². The van der Waals surface area contributed by atoms with E-state index in [1.54, 1.807) is 36.2 Å². The van der Waals surface area contributed by atoms with Crippen LogP contribution in [-0.2, 0) is 6.42 Å². The molecule has 4 aromatic rings. The Bertz CT molecular complexity index is 1400. The zero-order valence-electron chi connectivity index (χ0n) is 18.0. The molecular weight excluding hydrogens is 465 g/mol. The van der Waals surface area contributed by atoms with Crippen molar-refractivity contribution in [2.75, 3.05) is 12.3 Å². The molecule has 34 heavy (non-hydrogen) atoms. The van der Waals surface area contributed by atoms with E-state index < -0.39 is 12.4 Å². The molecule has 1 aliphatic heterocycles. The van der Waals surface area contributed by atoms with Gasteiger partial charge in [-0.1, -0.05) is 35.6 Å². The topological polar surface area (TPSA) is 81.3 Å². The van der Waals surface area contributed by atoms with Crippen molar-refractivity contribution < 1.29 is 22.7 Å². The number of rotatable bonds is 4. The van der Waals surface area contributed by atoms with Gasteiger partial charge < -0.3 is 15.4 Å². The lowest BCUT2D eigenvalue weighted by atomic mass is 9.97. The van der Waals surface area contributed by atoms with Crippen LogP contribution in [0, 0.1) is 0 Å². The maximum atomic E-state index is 13.4. The highest BCUT2D eigenvalue weighted by molar-refractivity contribution is 7.22. The number of nitrogens with two attached hydrogens (primary N) is 1. The Morgan fingerprint density at radius 2 is 1.94 bits per heavy atom. The molecule has 0 aliphatic carbocycles. The average Bonchev–Trinajstić information content (AvgIpc) is 3.17. The van der Waals surface area contributed by atoms with Crippen LogP contribution in [0.3, 0.4) is 0 Å². The number of anilines is 1. The highest BCUT2D eigenvalue weighted by atomic mass is 32.1. The molecule has 6 nitrogen and oxygen atoms in total. The molecule has 174 valence electrons. The minimum atomic E-state index is -4.82. The van der Waals surface area contributed by atoms with E-state index in [0.717, 1.165) is 21.3 Å². The van der Waals surface area contributed by atoms with Crippen LogP contribution in [0.15, 0.2) is 54.7 Å². The van der Waals surface area contributed by atoms with Gasteiger partial charge in [0.1, 0.15) is 5.75 Å².